The molecule has 0 saturated carbocycles. The molecule has 1 aliphatic carbocycles. The van der Waals surface area contributed by atoms with Crippen molar-refractivity contribution in [3.05, 3.63) is 46.9 Å². The average molecular weight is 438 g/mol. The minimum absolute atomic E-state index is 0.0583. The maximum absolute atomic E-state index is 12.8. The number of carbonyl (C=O) groups is 2. The minimum Gasteiger partial charge on any atom is -0.362 e. The van der Waals surface area contributed by atoms with E-state index in [1.165, 1.54) is 0 Å². The zero-order chi connectivity index (χ0) is 23.0. The molecule has 9 heteroatoms. The lowest BCUT2D eigenvalue weighted by molar-refractivity contribution is -0.129. The van der Waals surface area contributed by atoms with Gasteiger partial charge >= 0.3 is 0 Å². The lowest BCUT2D eigenvalue weighted by Gasteiger charge is -2.27. The lowest BCUT2D eigenvalue weighted by Crippen LogP contribution is -2.35. The van der Waals surface area contributed by atoms with E-state index in [9.17, 15) is 9.59 Å². The van der Waals surface area contributed by atoms with E-state index < -0.39 is 0 Å². The van der Waals surface area contributed by atoms with Gasteiger partial charge in [-0.15, -0.1) is 0 Å². The highest BCUT2D eigenvalue weighted by molar-refractivity contribution is 5.98. The first-order valence-electron chi connectivity index (χ1n) is 11.0. The molecule has 2 aromatic heterocycles. The van der Waals surface area contributed by atoms with Crippen molar-refractivity contribution < 1.29 is 9.59 Å². The third-order valence-electron chi connectivity index (χ3n) is 5.91. The van der Waals surface area contributed by atoms with Crippen molar-refractivity contribution in [2.24, 2.45) is 14.1 Å². The molecule has 0 aromatic carbocycles. The van der Waals surface area contributed by atoms with Crippen LogP contribution in [0.3, 0.4) is 0 Å². The standard InChI is InChI=1S/C23H31N7O2/c1-14(2)25-23(32)17-8-16(18-11-24-28(4)12-18)9-19(10-17)26-22-20-13-30(15(3)31)7-6-21(20)29(5)27-22/h8-9,11-12,14,19H,6-7,10,13H2,1-5H3,(H,25,32)(H,26,27). The molecular formula is C23H31N7O2. The van der Waals surface area contributed by atoms with Gasteiger partial charge < -0.3 is 15.5 Å². The van der Waals surface area contributed by atoms with Crippen LogP contribution in [0, 0.1) is 0 Å². The third kappa shape index (κ3) is 4.46. The molecule has 170 valence electrons. The first-order chi connectivity index (χ1) is 15.2. The van der Waals surface area contributed by atoms with E-state index in [1.54, 1.807) is 17.8 Å². The normalized spacial score (nSPS) is 18.2. The Hall–Kier alpha value is -3.36. The van der Waals surface area contributed by atoms with Gasteiger partial charge in [0.1, 0.15) is 0 Å². The van der Waals surface area contributed by atoms with Gasteiger partial charge in [-0.2, -0.15) is 10.2 Å². The average Bonchev–Trinajstić information content (AvgIpc) is 3.30. The van der Waals surface area contributed by atoms with E-state index >= 15 is 0 Å². The number of amides is 2. The fourth-order valence-electron chi connectivity index (χ4n) is 4.32. The van der Waals surface area contributed by atoms with Gasteiger partial charge in [-0.05, 0) is 25.5 Å². The zero-order valence-electron chi connectivity index (χ0n) is 19.3. The second-order valence-electron chi connectivity index (χ2n) is 8.87. The first-order valence-corrected chi connectivity index (χ1v) is 11.0. The molecule has 0 spiro atoms. The molecule has 1 aliphatic heterocycles. The van der Waals surface area contributed by atoms with Crippen LogP contribution in [0.15, 0.2) is 30.1 Å². The largest absolute Gasteiger partial charge is 0.362 e. The van der Waals surface area contributed by atoms with Crippen LogP contribution >= 0.6 is 0 Å². The van der Waals surface area contributed by atoms with Crippen molar-refractivity contribution in [1.82, 2.24) is 29.8 Å². The molecular weight excluding hydrogens is 406 g/mol. The molecule has 1 unspecified atom stereocenters. The second-order valence-corrected chi connectivity index (χ2v) is 8.87. The Kier molecular flexibility index (Phi) is 5.90. The predicted molar refractivity (Wildman–Crippen MR) is 123 cm³/mol. The van der Waals surface area contributed by atoms with Crippen molar-refractivity contribution in [1.29, 1.82) is 0 Å². The van der Waals surface area contributed by atoms with Gasteiger partial charge in [0.05, 0.1) is 18.8 Å². The number of carbonyl (C=O) groups excluding carboxylic acids is 2. The number of hydrogen-bond acceptors (Lipinski definition) is 5. The fraction of sp³-hybridized carbons (Fsp3) is 0.478. The molecule has 9 nitrogen and oxygen atoms in total. The second kappa shape index (κ2) is 8.64. The molecule has 2 N–H and O–H groups in total. The molecule has 4 rings (SSSR count). The predicted octanol–water partition coefficient (Wildman–Crippen LogP) is 1.78. The highest BCUT2D eigenvalue weighted by Crippen LogP contribution is 2.30. The van der Waals surface area contributed by atoms with E-state index in [0.717, 1.165) is 34.6 Å². The summed E-state index contributed by atoms with van der Waals surface area (Å²) in [5.41, 5.74) is 4.82. The molecule has 2 aromatic rings. The van der Waals surface area contributed by atoms with E-state index in [-0.39, 0.29) is 23.9 Å². The Morgan fingerprint density at radius 1 is 1.25 bits per heavy atom. The number of aryl methyl sites for hydroxylation is 2. The Labute approximate surface area is 188 Å². The summed E-state index contributed by atoms with van der Waals surface area (Å²) in [6.07, 6.45) is 9.13. The lowest BCUT2D eigenvalue weighted by atomic mass is 9.92. The molecule has 1 atom stereocenters. The number of hydrogen-bond donors (Lipinski definition) is 2. The molecule has 0 saturated heterocycles. The van der Waals surface area contributed by atoms with Crippen LogP contribution in [-0.2, 0) is 36.6 Å². The number of nitrogens with zero attached hydrogens (tertiary/aromatic N) is 5. The van der Waals surface area contributed by atoms with Crippen molar-refractivity contribution >= 4 is 23.2 Å². The Morgan fingerprint density at radius 3 is 2.69 bits per heavy atom. The quantitative estimate of drug-likeness (QED) is 0.743. The van der Waals surface area contributed by atoms with E-state index in [2.05, 4.69) is 21.8 Å². The third-order valence-corrected chi connectivity index (χ3v) is 5.91. The van der Waals surface area contributed by atoms with Gasteiger partial charge in [-0.3, -0.25) is 19.0 Å². The van der Waals surface area contributed by atoms with Gasteiger partial charge in [-0.1, -0.05) is 6.08 Å². The highest BCUT2D eigenvalue weighted by atomic mass is 16.2. The van der Waals surface area contributed by atoms with Crippen molar-refractivity contribution in [3.8, 4) is 0 Å². The van der Waals surface area contributed by atoms with Crippen LogP contribution in [-0.4, -0.2) is 54.9 Å². The number of rotatable bonds is 5. The molecule has 0 bridgehead atoms. The Bertz CT molecular complexity index is 1110. The van der Waals surface area contributed by atoms with Gasteiger partial charge in [0.2, 0.25) is 11.8 Å². The van der Waals surface area contributed by atoms with Crippen LogP contribution in [0.4, 0.5) is 5.82 Å². The first kappa shape index (κ1) is 21.9. The van der Waals surface area contributed by atoms with Gasteiger partial charge in [0, 0.05) is 75.0 Å². The summed E-state index contributed by atoms with van der Waals surface area (Å²) in [7, 11) is 3.81. The van der Waals surface area contributed by atoms with E-state index in [4.69, 9.17) is 5.10 Å². The monoisotopic (exact) mass is 437 g/mol. The molecule has 0 fully saturated rings. The summed E-state index contributed by atoms with van der Waals surface area (Å²) in [5, 5.41) is 15.5. The molecule has 32 heavy (non-hydrogen) atoms. The molecule has 2 amide bonds. The van der Waals surface area contributed by atoms with Crippen LogP contribution in [0.5, 0.6) is 0 Å². The minimum atomic E-state index is -0.116. The summed E-state index contributed by atoms with van der Waals surface area (Å²) in [6.45, 7) is 6.76. The topological polar surface area (TPSA) is 97.1 Å². The van der Waals surface area contributed by atoms with Gasteiger partial charge in [0.15, 0.2) is 5.82 Å². The van der Waals surface area contributed by atoms with Crippen molar-refractivity contribution in [2.75, 3.05) is 11.9 Å². The number of aromatic nitrogens is 4. The fourth-order valence-corrected chi connectivity index (χ4v) is 4.32. The number of anilines is 1. The van der Waals surface area contributed by atoms with Crippen LogP contribution in [0.1, 0.15) is 44.0 Å². The summed E-state index contributed by atoms with van der Waals surface area (Å²) >= 11 is 0. The smallest absolute Gasteiger partial charge is 0.247 e. The van der Waals surface area contributed by atoms with E-state index in [1.807, 2.05) is 49.8 Å². The van der Waals surface area contributed by atoms with Crippen LogP contribution in [0.2, 0.25) is 0 Å². The zero-order valence-corrected chi connectivity index (χ0v) is 19.3. The summed E-state index contributed by atoms with van der Waals surface area (Å²) < 4.78 is 3.65. The van der Waals surface area contributed by atoms with Gasteiger partial charge in [0.25, 0.3) is 0 Å². The molecule has 0 radical (unpaired) electrons. The summed E-state index contributed by atoms with van der Waals surface area (Å²) in [5.74, 6) is 0.773. The molecule has 3 heterocycles. The van der Waals surface area contributed by atoms with E-state index in [0.29, 0.717) is 25.1 Å². The molecule has 2 aliphatic rings. The van der Waals surface area contributed by atoms with Gasteiger partial charge in [-0.25, -0.2) is 0 Å². The maximum Gasteiger partial charge on any atom is 0.247 e. The highest BCUT2D eigenvalue weighted by Gasteiger charge is 2.28. The summed E-state index contributed by atoms with van der Waals surface area (Å²) in [4.78, 5) is 26.6. The number of allylic oxidation sites excluding steroid dienone is 2. The van der Waals surface area contributed by atoms with Crippen LogP contribution in [0.25, 0.3) is 5.57 Å². The van der Waals surface area contributed by atoms with Crippen LogP contribution < -0.4 is 10.6 Å². The van der Waals surface area contributed by atoms with Crippen molar-refractivity contribution in [3.63, 3.8) is 0 Å². The SMILES string of the molecule is CC(=O)N1CCc2c(c(NC3C=C(c4cnn(C)c4)C=C(C(=O)NC(C)C)C3)nn2C)C1. The Morgan fingerprint density at radius 2 is 2.03 bits per heavy atom. The maximum atomic E-state index is 12.8. The number of fused-ring (bicyclic) bond motifs is 1. The Balaban J connectivity index is 1.64. The number of nitrogens with one attached hydrogen (secondary N) is 2. The van der Waals surface area contributed by atoms with Crippen molar-refractivity contribution in [2.45, 2.75) is 52.2 Å². The summed E-state index contributed by atoms with van der Waals surface area (Å²) in [6, 6.07) is -0.0576.